The summed E-state index contributed by atoms with van der Waals surface area (Å²) in [7, 11) is 0.687. The Morgan fingerprint density at radius 1 is 1.78 bits per heavy atom. The summed E-state index contributed by atoms with van der Waals surface area (Å²) in [6.07, 6.45) is 1.70. The lowest BCUT2D eigenvalue weighted by molar-refractivity contribution is 1.08. The molecule has 0 fully saturated rings. The second-order valence-corrected chi connectivity index (χ2v) is 2.22. The highest BCUT2D eigenvalue weighted by atomic mass is 28.2. The van der Waals surface area contributed by atoms with Crippen molar-refractivity contribution < 1.29 is 0 Å². The summed E-state index contributed by atoms with van der Waals surface area (Å²) in [6, 6.07) is 1.85. The summed E-state index contributed by atoms with van der Waals surface area (Å²) in [5.41, 5.74) is 3.85. The first-order valence-electron chi connectivity index (χ1n) is 2.60. The molecule has 0 aliphatic rings. The van der Waals surface area contributed by atoms with Gasteiger partial charge in [0.1, 0.15) is 15.2 Å². The molecule has 0 spiro atoms. The van der Waals surface area contributed by atoms with Gasteiger partial charge in [-0.3, -0.25) is 5.10 Å². The molecule has 0 aliphatic heterocycles. The van der Waals surface area contributed by atoms with Crippen LogP contribution in [0.3, 0.4) is 0 Å². The van der Waals surface area contributed by atoms with Gasteiger partial charge in [0.05, 0.1) is 0 Å². The van der Waals surface area contributed by atoms with Gasteiger partial charge in [-0.1, -0.05) is 12.5 Å². The molecule has 2 radical (unpaired) electrons. The maximum absolute atomic E-state index is 3.75. The minimum Gasteiger partial charge on any atom is -0.270 e. The van der Waals surface area contributed by atoms with Crippen molar-refractivity contribution in [3.05, 3.63) is 18.0 Å². The van der Waals surface area contributed by atoms with Gasteiger partial charge in [-0.25, -0.2) is 0 Å². The van der Waals surface area contributed by atoms with E-state index in [1.165, 1.54) is 0 Å². The van der Waals surface area contributed by atoms with Crippen LogP contribution in [0.25, 0.3) is 0 Å². The van der Waals surface area contributed by atoms with E-state index < -0.39 is 0 Å². The maximum atomic E-state index is 3.75. The Labute approximate surface area is 56.5 Å². The molecule has 1 heterocycles. The summed E-state index contributed by atoms with van der Waals surface area (Å²) >= 11 is 0. The molecule has 0 bridgehead atoms. The van der Waals surface area contributed by atoms with E-state index in [0.29, 0.717) is 9.52 Å². The van der Waals surface area contributed by atoms with Crippen molar-refractivity contribution in [3.63, 3.8) is 0 Å². The molecule has 1 rings (SSSR count). The van der Waals surface area contributed by atoms with E-state index in [4.69, 9.17) is 0 Å². The molecular weight excluding hydrogens is 128 g/mol. The van der Waals surface area contributed by atoms with Crippen LogP contribution in [0.1, 0.15) is 5.69 Å². The van der Waals surface area contributed by atoms with E-state index in [1.807, 2.05) is 12.6 Å². The Morgan fingerprint density at radius 2 is 2.67 bits per heavy atom. The summed E-state index contributed by atoms with van der Waals surface area (Å²) in [6.45, 7) is 2.05. The molecule has 0 saturated carbocycles. The van der Waals surface area contributed by atoms with Gasteiger partial charge in [0, 0.05) is 6.20 Å². The monoisotopic (exact) mass is 134 g/mol. The van der Waals surface area contributed by atoms with Crippen molar-refractivity contribution in [2.45, 2.75) is 6.55 Å². The molecular formula is C6H6N2Si. The van der Waals surface area contributed by atoms with Gasteiger partial charge >= 0.3 is 0 Å². The average Bonchev–Trinajstić information content (AvgIpc) is 2.34. The van der Waals surface area contributed by atoms with E-state index in [0.717, 1.165) is 5.69 Å². The van der Waals surface area contributed by atoms with Crippen LogP contribution >= 0.6 is 0 Å². The van der Waals surface area contributed by atoms with Crippen molar-refractivity contribution in [1.82, 2.24) is 10.2 Å². The lowest BCUT2D eigenvalue weighted by atomic mass is 10.5. The van der Waals surface area contributed by atoms with Crippen LogP contribution < -0.4 is 0 Å². The molecule has 0 amide bonds. The third-order valence-electron chi connectivity index (χ3n) is 0.823. The average molecular weight is 134 g/mol. The number of hydrogen-bond acceptors (Lipinski definition) is 1. The van der Waals surface area contributed by atoms with Crippen molar-refractivity contribution in [3.8, 4) is 11.5 Å². The summed E-state index contributed by atoms with van der Waals surface area (Å²) in [5.74, 6) is 2.92. The molecule has 3 heteroatoms. The van der Waals surface area contributed by atoms with Crippen molar-refractivity contribution in [1.29, 1.82) is 0 Å². The lowest BCUT2D eigenvalue weighted by Crippen LogP contribution is -1.75. The predicted octanol–water partition coefficient (Wildman–Crippen LogP) is 0.471. The topological polar surface area (TPSA) is 28.7 Å². The van der Waals surface area contributed by atoms with Crippen LogP contribution in [0.4, 0.5) is 0 Å². The SMILES string of the molecule is C[Si]C#Cc1ccn[nH]1. The van der Waals surface area contributed by atoms with Crippen molar-refractivity contribution in [2.75, 3.05) is 0 Å². The van der Waals surface area contributed by atoms with E-state index in [1.54, 1.807) is 6.20 Å². The van der Waals surface area contributed by atoms with Crippen molar-refractivity contribution >= 4 is 9.52 Å². The fraction of sp³-hybridized carbons (Fsp3) is 0.167. The number of aromatic amines is 1. The van der Waals surface area contributed by atoms with E-state index in [-0.39, 0.29) is 0 Å². The van der Waals surface area contributed by atoms with E-state index in [2.05, 4.69) is 21.7 Å². The summed E-state index contributed by atoms with van der Waals surface area (Å²) < 4.78 is 0. The zero-order valence-electron chi connectivity index (χ0n) is 5.10. The normalized spacial score (nSPS) is 8.11. The Balaban J connectivity index is 2.67. The third kappa shape index (κ3) is 1.74. The Kier molecular flexibility index (Phi) is 2.11. The second-order valence-electron chi connectivity index (χ2n) is 1.47. The van der Waals surface area contributed by atoms with Gasteiger partial charge in [0.2, 0.25) is 0 Å². The van der Waals surface area contributed by atoms with Crippen LogP contribution in [0, 0.1) is 11.5 Å². The standard InChI is InChI=1S/C6H6N2Si/c1-9-5-3-6-2-4-7-8-6/h2,4H,1H3,(H,7,8). The maximum Gasteiger partial charge on any atom is 0.145 e. The lowest BCUT2D eigenvalue weighted by Gasteiger charge is -1.73. The highest BCUT2D eigenvalue weighted by Gasteiger charge is 1.80. The number of rotatable bonds is 0. The Hall–Kier alpha value is -1.01. The zero-order chi connectivity index (χ0) is 6.53. The third-order valence-corrected chi connectivity index (χ3v) is 1.20. The molecule has 9 heavy (non-hydrogen) atoms. The first-order chi connectivity index (χ1) is 4.43. The van der Waals surface area contributed by atoms with Crippen LogP contribution in [-0.4, -0.2) is 19.7 Å². The molecule has 0 aliphatic carbocycles. The molecule has 1 N–H and O–H groups in total. The smallest absolute Gasteiger partial charge is 0.145 e. The van der Waals surface area contributed by atoms with Crippen LogP contribution in [-0.2, 0) is 0 Å². The minimum atomic E-state index is 0.687. The molecule has 0 atom stereocenters. The van der Waals surface area contributed by atoms with Gasteiger partial charge in [-0.05, 0) is 6.07 Å². The highest BCUT2D eigenvalue weighted by Crippen LogP contribution is 1.84. The van der Waals surface area contributed by atoms with Crippen LogP contribution in [0.2, 0.25) is 6.55 Å². The molecule has 0 unspecified atom stereocenters. The highest BCUT2D eigenvalue weighted by molar-refractivity contribution is 6.44. The minimum absolute atomic E-state index is 0.687. The Morgan fingerprint density at radius 3 is 3.22 bits per heavy atom. The van der Waals surface area contributed by atoms with Gasteiger partial charge in [0.25, 0.3) is 0 Å². The molecule has 0 saturated heterocycles. The molecule has 0 aromatic carbocycles. The number of aromatic nitrogens is 2. The number of nitrogens with one attached hydrogen (secondary N) is 1. The summed E-state index contributed by atoms with van der Waals surface area (Å²) in [5, 5.41) is 6.50. The summed E-state index contributed by atoms with van der Waals surface area (Å²) in [4.78, 5) is 0. The van der Waals surface area contributed by atoms with Crippen molar-refractivity contribution in [2.24, 2.45) is 0 Å². The molecule has 2 nitrogen and oxygen atoms in total. The predicted molar refractivity (Wildman–Crippen MR) is 37.1 cm³/mol. The first-order valence-corrected chi connectivity index (χ1v) is 4.10. The fourth-order valence-electron chi connectivity index (χ4n) is 0.455. The van der Waals surface area contributed by atoms with Gasteiger partial charge in [-0.15, -0.1) is 5.54 Å². The first kappa shape index (κ1) is 6.11. The zero-order valence-corrected chi connectivity index (χ0v) is 6.10. The Bertz CT molecular complexity index is 217. The number of H-pyrrole nitrogens is 1. The van der Waals surface area contributed by atoms with Crippen LogP contribution in [0.5, 0.6) is 0 Å². The number of hydrogen-bond donors (Lipinski definition) is 1. The van der Waals surface area contributed by atoms with E-state index >= 15 is 0 Å². The molecule has 44 valence electrons. The number of nitrogens with zero attached hydrogens (tertiary/aromatic N) is 1. The van der Waals surface area contributed by atoms with E-state index in [9.17, 15) is 0 Å². The van der Waals surface area contributed by atoms with Gasteiger partial charge in [-0.2, -0.15) is 5.10 Å². The second kappa shape index (κ2) is 3.10. The van der Waals surface area contributed by atoms with Gasteiger partial charge < -0.3 is 0 Å². The van der Waals surface area contributed by atoms with Gasteiger partial charge in [0.15, 0.2) is 0 Å². The fourth-order valence-corrected chi connectivity index (χ4v) is 0.715. The largest absolute Gasteiger partial charge is 0.270 e. The molecule has 1 aromatic heterocycles. The molecule has 1 aromatic rings. The van der Waals surface area contributed by atoms with Crippen LogP contribution in [0.15, 0.2) is 12.3 Å². The quantitative estimate of drug-likeness (QED) is 0.405.